The largest absolute Gasteiger partial charge is 0.504 e. The van der Waals surface area contributed by atoms with Crippen LogP contribution < -0.4 is 4.74 Å². The SMILES string of the molecule is CCOc1cc(CN2CCN(C)CC2)cc(C=O)c1O. The maximum Gasteiger partial charge on any atom is 0.168 e. The number of ether oxygens (including phenoxy) is 1. The summed E-state index contributed by atoms with van der Waals surface area (Å²) in [6.07, 6.45) is 0.672. The fraction of sp³-hybridized carbons (Fsp3) is 0.533. The number of hydrogen-bond donors (Lipinski definition) is 1. The molecule has 1 aromatic rings. The molecule has 1 aliphatic heterocycles. The number of phenols is 1. The average molecular weight is 278 g/mol. The normalized spacial score (nSPS) is 17.1. The third-order valence-corrected chi connectivity index (χ3v) is 3.59. The summed E-state index contributed by atoms with van der Waals surface area (Å²) in [5.74, 6) is 0.324. The van der Waals surface area contributed by atoms with Crippen molar-refractivity contribution in [2.75, 3.05) is 39.8 Å². The third-order valence-electron chi connectivity index (χ3n) is 3.59. The van der Waals surface area contributed by atoms with E-state index >= 15 is 0 Å². The second kappa shape index (κ2) is 6.72. The van der Waals surface area contributed by atoms with Crippen molar-refractivity contribution in [3.63, 3.8) is 0 Å². The van der Waals surface area contributed by atoms with Crippen molar-refractivity contribution < 1.29 is 14.6 Å². The maximum absolute atomic E-state index is 11.0. The van der Waals surface area contributed by atoms with Crippen molar-refractivity contribution in [3.05, 3.63) is 23.3 Å². The molecule has 2 rings (SSSR count). The summed E-state index contributed by atoms with van der Waals surface area (Å²) in [7, 11) is 2.12. The Morgan fingerprint density at radius 1 is 1.30 bits per heavy atom. The van der Waals surface area contributed by atoms with E-state index in [1.807, 2.05) is 13.0 Å². The van der Waals surface area contributed by atoms with Gasteiger partial charge in [0, 0.05) is 32.7 Å². The zero-order valence-electron chi connectivity index (χ0n) is 12.1. The van der Waals surface area contributed by atoms with Crippen LogP contribution >= 0.6 is 0 Å². The Hall–Kier alpha value is -1.59. The average Bonchev–Trinajstić information content (AvgIpc) is 2.45. The van der Waals surface area contributed by atoms with Gasteiger partial charge in [0.15, 0.2) is 17.8 Å². The van der Waals surface area contributed by atoms with Crippen LogP contribution in [-0.2, 0) is 6.54 Å². The lowest BCUT2D eigenvalue weighted by molar-refractivity contribution is 0.111. The van der Waals surface area contributed by atoms with Crippen molar-refractivity contribution >= 4 is 6.29 Å². The van der Waals surface area contributed by atoms with Crippen LogP contribution in [0.1, 0.15) is 22.8 Å². The number of aldehydes is 1. The molecule has 0 saturated carbocycles. The molecule has 1 aromatic carbocycles. The van der Waals surface area contributed by atoms with E-state index in [1.165, 1.54) is 0 Å². The highest BCUT2D eigenvalue weighted by molar-refractivity contribution is 5.81. The second-order valence-electron chi connectivity index (χ2n) is 5.16. The molecule has 1 saturated heterocycles. The number of rotatable bonds is 5. The summed E-state index contributed by atoms with van der Waals surface area (Å²) in [6, 6.07) is 3.56. The summed E-state index contributed by atoms with van der Waals surface area (Å²) in [6.45, 7) is 7.22. The lowest BCUT2D eigenvalue weighted by atomic mass is 10.1. The van der Waals surface area contributed by atoms with Crippen molar-refractivity contribution in [2.45, 2.75) is 13.5 Å². The van der Waals surface area contributed by atoms with Crippen LogP contribution in [0, 0.1) is 0 Å². The number of likely N-dealkylation sites (N-methyl/N-ethyl adjacent to an activating group) is 1. The summed E-state index contributed by atoms with van der Waals surface area (Å²) < 4.78 is 5.39. The molecule has 0 aromatic heterocycles. The van der Waals surface area contributed by atoms with E-state index in [0.717, 1.165) is 38.3 Å². The molecule has 0 aliphatic carbocycles. The molecule has 1 fully saturated rings. The highest BCUT2D eigenvalue weighted by Crippen LogP contribution is 2.31. The van der Waals surface area contributed by atoms with Crippen LogP contribution in [0.4, 0.5) is 0 Å². The molecule has 0 spiro atoms. The Morgan fingerprint density at radius 3 is 2.60 bits per heavy atom. The molecule has 1 heterocycles. The molecule has 5 nitrogen and oxygen atoms in total. The monoisotopic (exact) mass is 278 g/mol. The summed E-state index contributed by atoms with van der Waals surface area (Å²) in [4.78, 5) is 15.7. The summed E-state index contributed by atoms with van der Waals surface area (Å²) in [5.41, 5.74) is 1.29. The molecule has 1 aliphatic rings. The number of carbonyl (C=O) groups excluding carboxylic acids is 1. The van der Waals surface area contributed by atoms with Gasteiger partial charge in [-0.3, -0.25) is 9.69 Å². The number of carbonyl (C=O) groups is 1. The van der Waals surface area contributed by atoms with E-state index < -0.39 is 0 Å². The number of piperazine rings is 1. The Bertz CT molecular complexity index is 468. The van der Waals surface area contributed by atoms with Crippen LogP contribution in [-0.4, -0.2) is 61.0 Å². The van der Waals surface area contributed by atoms with Gasteiger partial charge >= 0.3 is 0 Å². The summed E-state index contributed by atoms with van der Waals surface area (Å²) in [5, 5.41) is 9.91. The van der Waals surface area contributed by atoms with Gasteiger partial charge in [-0.25, -0.2) is 0 Å². The molecule has 0 amide bonds. The van der Waals surface area contributed by atoms with Crippen LogP contribution in [0.2, 0.25) is 0 Å². The van der Waals surface area contributed by atoms with Gasteiger partial charge in [-0.1, -0.05) is 0 Å². The molecule has 5 heteroatoms. The minimum atomic E-state index is -0.0658. The fourth-order valence-corrected chi connectivity index (χ4v) is 2.40. The number of hydrogen-bond acceptors (Lipinski definition) is 5. The van der Waals surface area contributed by atoms with Gasteiger partial charge in [0.1, 0.15) is 0 Å². The van der Waals surface area contributed by atoms with Crippen molar-refractivity contribution in [1.29, 1.82) is 0 Å². The van der Waals surface area contributed by atoms with Gasteiger partial charge < -0.3 is 14.7 Å². The van der Waals surface area contributed by atoms with E-state index in [4.69, 9.17) is 4.74 Å². The van der Waals surface area contributed by atoms with Crippen LogP contribution in [0.15, 0.2) is 12.1 Å². The molecular formula is C15H22N2O3. The van der Waals surface area contributed by atoms with Gasteiger partial charge in [0.25, 0.3) is 0 Å². The van der Waals surface area contributed by atoms with Gasteiger partial charge in [0.2, 0.25) is 0 Å². The number of phenolic OH excluding ortho intramolecular Hbond substituents is 1. The van der Waals surface area contributed by atoms with E-state index in [1.54, 1.807) is 6.07 Å². The molecular weight excluding hydrogens is 256 g/mol. The fourth-order valence-electron chi connectivity index (χ4n) is 2.40. The van der Waals surface area contributed by atoms with Gasteiger partial charge in [0.05, 0.1) is 12.2 Å². The van der Waals surface area contributed by atoms with Crippen LogP contribution in [0.25, 0.3) is 0 Å². The quantitative estimate of drug-likeness (QED) is 0.824. The van der Waals surface area contributed by atoms with Crippen molar-refractivity contribution in [2.24, 2.45) is 0 Å². The molecule has 1 N–H and O–H groups in total. The van der Waals surface area contributed by atoms with E-state index in [0.29, 0.717) is 24.2 Å². The van der Waals surface area contributed by atoms with Gasteiger partial charge in [-0.2, -0.15) is 0 Å². The molecule has 110 valence electrons. The maximum atomic E-state index is 11.0. The van der Waals surface area contributed by atoms with Crippen LogP contribution in [0.5, 0.6) is 11.5 Å². The smallest absolute Gasteiger partial charge is 0.168 e. The van der Waals surface area contributed by atoms with Gasteiger partial charge in [-0.15, -0.1) is 0 Å². The third kappa shape index (κ3) is 3.49. The number of benzene rings is 1. The first-order valence-electron chi connectivity index (χ1n) is 6.98. The van der Waals surface area contributed by atoms with Crippen molar-refractivity contribution in [3.8, 4) is 11.5 Å². The lowest BCUT2D eigenvalue weighted by Gasteiger charge is -2.32. The highest BCUT2D eigenvalue weighted by atomic mass is 16.5. The second-order valence-corrected chi connectivity index (χ2v) is 5.16. The lowest BCUT2D eigenvalue weighted by Crippen LogP contribution is -2.43. The molecule has 0 atom stereocenters. The minimum absolute atomic E-state index is 0.0658. The van der Waals surface area contributed by atoms with Gasteiger partial charge in [-0.05, 0) is 31.7 Å². The zero-order valence-corrected chi connectivity index (χ0v) is 12.1. The van der Waals surface area contributed by atoms with E-state index in [-0.39, 0.29) is 5.75 Å². The standard InChI is InChI=1S/C15H22N2O3/c1-3-20-14-9-12(8-13(11-18)15(14)19)10-17-6-4-16(2)5-7-17/h8-9,11,19H,3-7,10H2,1-2H3. The Labute approximate surface area is 119 Å². The first-order chi connectivity index (χ1) is 9.63. The number of nitrogens with zero attached hydrogens (tertiary/aromatic N) is 2. The minimum Gasteiger partial charge on any atom is -0.504 e. The topological polar surface area (TPSA) is 53.0 Å². The number of aromatic hydroxyl groups is 1. The predicted octanol–water partition coefficient (Wildman–Crippen LogP) is 1.35. The van der Waals surface area contributed by atoms with E-state index in [9.17, 15) is 9.90 Å². The predicted molar refractivity (Wildman–Crippen MR) is 77.4 cm³/mol. The Balaban J connectivity index is 2.14. The molecule has 20 heavy (non-hydrogen) atoms. The molecule has 0 bridgehead atoms. The summed E-state index contributed by atoms with van der Waals surface area (Å²) >= 11 is 0. The highest BCUT2D eigenvalue weighted by Gasteiger charge is 2.16. The van der Waals surface area contributed by atoms with Crippen molar-refractivity contribution in [1.82, 2.24) is 9.80 Å². The Morgan fingerprint density at radius 2 is 2.00 bits per heavy atom. The zero-order chi connectivity index (χ0) is 14.5. The Kier molecular flexibility index (Phi) is 4.98. The first kappa shape index (κ1) is 14.8. The molecule has 0 radical (unpaired) electrons. The molecule has 0 unspecified atom stereocenters. The van der Waals surface area contributed by atoms with Crippen LogP contribution in [0.3, 0.4) is 0 Å². The van der Waals surface area contributed by atoms with E-state index in [2.05, 4.69) is 16.8 Å². The first-order valence-corrected chi connectivity index (χ1v) is 6.98.